The molecule has 5 rings (SSSR count). The van der Waals surface area contributed by atoms with Gasteiger partial charge < -0.3 is 14.4 Å². The van der Waals surface area contributed by atoms with Crippen LogP contribution in [0.5, 0.6) is 5.75 Å². The summed E-state index contributed by atoms with van der Waals surface area (Å²) >= 11 is 6.47. The molecule has 5 heteroatoms. The number of hydrogen-bond acceptors (Lipinski definition) is 3. The lowest BCUT2D eigenvalue weighted by Crippen LogP contribution is -2.03. The largest absolute Gasteiger partial charge is 0.507 e. The van der Waals surface area contributed by atoms with E-state index in [1.165, 1.54) is 7.11 Å². The molecule has 4 nitrogen and oxygen atoms in total. The number of phenolic OH excluding ortho intramolecular Hbond substituents is 1. The minimum atomic E-state index is -0.445. The molecule has 0 amide bonds. The summed E-state index contributed by atoms with van der Waals surface area (Å²) in [7, 11) is 1.36. The van der Waals surface area contributed by atoms with Gasteiger partial charge in [0.1, 0.15) is 5.75 Å². The molecule has 0 unspecified atom stereocenters. The standard InChI is InChI=1S/C27H20ClNO3/c1-32-27(31)20-11-7-13-22-25(20)26-23(29(22)16-18-10-5-6-12-21(18)28)14-19(15-24(26)30)17-8-3-2-4-9-17/h2-15,30H,16H2,1H3. The van der Waals surface area contributed by atoms with Crippen LogP contribution in [0.4, 0.5) is 0 Å². The lowest BCUT2D eigenvalue weighted by atomic mass is 10.0. The molecule has 4 aromatic carbocycles. The van der Waals surface area contributed by atoms with Crippen LogP contribution in [0.2, 0.25) is 5.02 Å². The number of aromatic nitrogens is 1. The van der Waals surface area contributed by atoms with Crippen LogP contribution in [-0.4, -0.2) is 22.8 Å². The summed E-state index contributed by atoms with van der Waals surface area (Å²) < 4.78 is 7.11. The van der Waals surface area contributed by atoms with Crippen LogP contribution < -0.4 is 0 Å². The van der Waals surface area contributed by atoms with Crippen molar-refractivity contribution in [2.24, 2.45) is 0 Å². The number of carbonyl (C=O) groups is 1. The number of benzene rings is 4. The van der Waals surface area contributed by atoms with E-state index in [1.54, 1.807) is 12.1 Å². The molecular weight excluding hydrogens is 422 g/mol. The van der Waals surface area contributed by atoms with Gasteiger partial charge in [0, 0.05) is 17.0 Å². The number of methoxy groups -OCH3 is 1. The van der Waals surface area contributed by atoms with Gasteiger partial charge >= 0.3 is 5.97 Å². The van der Waals surface area contributed by atoms with E-state index in [-0.39, 0.29) is 5.75 Å². The number of halogens is 1. The third-order valence-corrected chi connectivity index (χ3v) is 6.14. The molecule has 1 aromatic heterocycles. The van der Waals surface area contributed by atoms with E-state index in [4.69, 9.17) is 16.3 Å². The Morgan fingerprint density at radius 2 is 1.62 bits per heavy atom. The highest BCUT2D eigenvalue weighted by molar-refractivity contribution is 6.31. The zero-order valence-corrected chi connectivity index (χ0v) is 18.1. The van der Waals surface area contributed by atoms with Crippen molar-refractivity contribution in [1.29, 1.82) is 0 Å². The molecule has 0 aliphatic rings. The van der Waals surface area contributed by atoms with Gasteiger partial charge in [-0.1, -0.05) is 66.2 Å². The minimum Gasteiger partial charge on any atom is -0.507 e. The third-order valence-electron chi connectivity index (χ3n) is 5.77. The Balaban J connectivity index is 1.87. The maximum atomic E-state index is 12.6. The Labute approximate surface area is 190 Å². The minimum absolute atomic E-state index is 0.112. The van der Waals surface area contributed by atoms with Crippen LogP contribution in [0.3, 0.4) is 0 Å². The van der Waals surface area contributed by atoms with Crippen molar-refractivity contribution >= 4 is 39.4 Å². The molecule has 5 aromatic rings. The maximum absolute atomic E-state index is 12.6. The average Bonchev–Trinajstić information content (AvgIpc) is 3.14. The Morgan fingerprint density at radius 3 is 2.38 bits per heavy atom. The summed E-state index contributed by atoms with van der Waals surface area (Å²) in [5.41, 5.74) is 4.88. The molecule has 1 N–H and O–H groups in total. The predicted octanol–water partition coefficient (Wildman–Crippen LogP) is 6.66. The number of hydrogen-bond donors (Lipinski definition) is 1. The molecule has 0 radical (unpaired) electrons. The fourth-order valence-electron chi connectivity index (χ4n) is 4.28. The first-order valence-electron chi connectivity index (χ1n) is 10.2. The van der Waals surface area contributed by atoms with Gasteiger partial charge in [0.15, 0.2) is 0 Å². The van der Waals surface area contributed by atoms with Crippen LogP contribution in [0, 0.1) is 0 Å². The van der Waals surface area contributed by atoms with Crippen LogP contribution in [-0.2, 0) is 11.3 Å². The molecule has 0 atom stereocenters. The smallest absolute Gasteiger partial charge is 0.338 e. The lowest BCUT2D eigenvalue weighted by Gasteiger charge is -2.11. The number of esters is 1. The summed E-state index contributed by atoms with van der Waals surface area (Å²) in [6.07, 6.45) is 0. The van der Waals surface area contributed by atoms with E-state index in [1.807, 2.05) is 72.8 Å². The number of ether oxygens (including phenoxy) is 1. The fourth-order valence-corrected chi connectivity index (χ4v) is 4.48. The van der Waals surface area contributed by atoms with E-state index in [9.17, 15) is 9.90 Å². The van der Waals surface area contributed by atoms with Crippen molar-refractivity contribution in [2.45, 2.75) is 6.54 Å². The average molecular weight is 442 g/mol. The topological polar surface area (TPSA) is 51.5 Å². The van der Waals surface area contributed by atoms with E-state index >= 15 is 0 Å². The molecule has 32 heavy (non-hydrogen) atoms. The van der Waals surface area contributed by atoms with Crippen molar-refractivity contribution in [3.8, 4) is 16.9 Å². The summed E-state index contributed by atoms with van der Waals surface area (Å²) in [6, 6.07) is 26.8. The zero-order chi connectivity index (χ0) is 22.2. The van der Waals surface area contributed by atoms with Gasteiger partial charge in [0.2, 0.25) is 0 Å². The highest BCUT2D eigenvalue weighted by atomic mass is 35.5. The van der Waals surface area contributed by atoms with Crippen molar-refractivity contribution in [2.75, 3.05) is 7.11 Å². The monoisotopic (exact) mass is 441 g/mol. The van der Waals surface area contributed by atoms with Crippen molar-refractivity contribution < 1.29 is 14.6 Å². The summed E-state index contributed by atoms with van der Waals surface area (Å²) in [5, 5.41) is 13.1. The van der Waals surface area contributed by atoms with Crippen LogP contribution in [0.25, 0.3) is 32.9 Å². The Morgan fingerprint density at radius 1 is 0.875 bits per heavy atom. The number of rotatable bonds is 4. The van der Waals surface area contributed by atoms with Crippen LogP contribution in [0.15, 0.2) is 84.9 Å². The Kier molecular flexibility index (Phi) is 5.08. The number of fused-ring (bicyclic) bond motifs is 3. The third kappa shape index (κ3) is 3.29. The second-order valence-electron chi connectivity index (χ2n) is 7.62. The van der Waals surface area contributed by atoms with Gasteiger partial charge in [-0.25, -0.2) is 4.79 Å². The SMILES string of the molecule is COC(=O)c1cccc2c1c1c(O)cc(-c3ccccc3)cc1n2Cc1ccccc1Cl. The van der Waals surface area contributed by atoms with Gasteiger partial charge in [-0.2, -0.15) is 0 Å². The first-order valence-corrected chi connectivity index (χ1v) is 10.6. The number of phenols is 1. The quantitative estimate of drug-likeness (QED) is 0.317. The number of nitrogens with zero attached hydrogens (tertiary/aromatic N) is 1. The normalized spacial score (nSPS) is 11.2. The van der Waals surface area contributed by atoms with Gasteiger partial charge in [-0.3, -0.25) is 0 Å². The number of aromatic hydroxyl groups is 1. The first kappa shape index (κ1) is 20.2. The summed E-state index contributed by atoms with van der Waals surface area (Å²) in [6.45, 7) is 0.488. The van der Waals surface area contributed by atoms with Gasteiger partial charge in [-0.15, -0.1) is 0 Å². The van der Waals surface area contributed by atoms with E-state index < -0.39 is 5.97 Å². The molecule has 0 bridgehead atoms. The van der Waals surface area contributed by atoms with Crippen molar-refractivity contribution in [1.82, 2.24) is 4.57 Å². The van der Waals surface area contributed by atoms with E-state index in [0.29, 0.717) is 27.9 Å². The zero-order valence-electron chi connectivity index (χ0n) is 17.4. The second kappa shape index (κ2) is 8.06. The molecule has 0 aliphatic carbocycles. The highest BCUT2D eigenvalue weighted by Crippen LogP contribution is 2.41. The lowest BCUT2D eigenvalue weighted by molar-refractivity contribution is 0.0603. The Bertz CT molecular complexity index is 1470. The molecule has 1 heterocycles. The van der Waals surface area contributed by atoms with E-state index in [0.717, 1.165) is 27.7 Å². The maximum Gasteiger partial charge on any atom is 0.338 e. The van der Waals surface area contributed by atoms with Gasteiger partial charge in [0.25, 0.3) is 0 Å². The summed E-state index contributed by atoms with van der Waals surface area (Å²) in [5.74, 6) is -0.334. The van der Waals surface area contributed by atoms with Crippen molar-refractivity contribution in [3.05, 3.63) is 101 Å². The van der Waals surface area contributed by atoms with Crippen molar-refractivity contribution in [3.63, 3.8) is 0 Å². The molecule has 0 aliphatic heterocycles. The van der Waals surface area contributed by atoms with E-state index in [2.05, 4.69) is 4.57 Å². The molecular formula is C27H20ClNO3. The second-order valence-corrected chi connectivity index (χ2v) is 8.03. The fraction of sp³-hybridized carbons (Fsp3) is 0.0741. The van der Waals surface area contributed by atoms with Crippen LogP contribution in [0.1, 0.15) is 15.9 Å². The molecule has 0 saturated carbocycles. The predicted molar refractivity (Wildman–Crippen MR) is 128 cm³/mol. The highest BCUT2D eigenvalue weighted by Gasteiger charge is 2.22. The molecule has 0 saturated heterocycles. The van der Waals surface area contributed by atoms with Gasteiger partial charge in [0.05, 0.1) is 29.1 Å². The van der Waals surface area contributed by atoms with Crippen LogP contribution >= 0.6 is 11.6 Å². The molecule has 0 spiro atoms. The molecule has 0 fully saturated rings. The molecule has 158 valence electrons. The summed E-state index contributed by atoms with van der Waals surface area (Å²) in [4.78, 5) is 12.6. The Hall–Kier alpha value is -3.76. The number of carbonyl (C=O) groups excluding carboxylic acids is 1. The first-order chi connectivity index (χ1) is 15.6. The van der Waals surface area contributed by atoms with Gasteiger partial charge in [-0.05, 0) is 47.0 Å².